The van der Waals surface area contributed by atoms with Crippen molar-refractivity contribution in [3.8, 4) is 5.75 Å². The Labute approximate surface area is 137 Å². The molecular weight excluding hydrogens is 288 g/mol. The molecule has 122 valence electrons. The van der Waals surface area contributed by atoms with Crippen LogP contribution in [-0.2, 0) is 24.2 Å². The topological polar surface area (TPSA) is 46.5 Å². The second-order valence-corrected chi connectivity index (χ2v) is 6.20. The van der Waals surface area contributed by atoms with Crippen molar-refractivity contribution in [3.05, 3.63) is 65.2 Å². The van der Waals surface area contributed by atoms with Gasteiger partial charge in [-0.3, -0.25) is 4.79 Å². The Bertz CT molecular complexity index is 630. The second kappa shape index (κ2) is 8.37. The smallest absolute Gasteiger partial charge is 0.303 e. The van der Waals surface area contributed by atoms with Gasteiger partial charge in [-0.05, 0) is 41.5 Å². The van der Waals surface area contributed by atoms with Crippen LogP contribution >= 0.6 is 0 Å². The van der Waals surface area contributed by atoms with Crippen molar-refractivity contribution in [2.24, 2.45) is 5.92 Å². The summed E-state index contributed by atoms with van der Waals surface area (Å²) in [7, 11) is 0. The molecule has 2 aromatic carbocycles. The number of hydrogen-bond acceptors (Lipinski definition) is 2. The van der Waals surface area contributed by atoms with Gasteiger partial charge in [-0.1, -0.05) is 56.3 Å². The number of carboxylic acids is 1. The minimum absolute atomic E-state index is 0.115. The molecule has 3 heteroatoms. The molecule has 0 saturated carbocycles. The predicted octanol–water partition coefficient (Wildman–Crippen LogP) is 4.48. The molecule has 0 atom stereocenters. The first kappa shape index (κ1) is 17.1. The van der Waals surface area contributed by atoms with Gasteiger partial charge in [0, 0.05) is 6.42 Å². The van der Waals surface area contributed by atoms with Gasteiger partial charge in [-0.25, -0.2) is 0 Å². The summed E-state index contributed by atoms with van der Waals surface area (Å²) >= 11 is 0. The van der Waals surface area contributed by atoms with Crippen molar-refractivity contribution in [3.63, 3.8) is 0 Å². The molecule has 0 unspecified atom stereocenters. The maximum atomic E-state index is 10.7. The number of aryl methyl sites for hydroxylation is 1. The van der Waals surface area contributed by atoms with Crippen LogP contribution in [0.25, 0.3) is 0 Å². The van der Waals surface area contributed by atoms with Crippen molar-refractivity contribution >= 4 is 5.97 Å². The van der Waals surface area contributed by atoms with E-state index in [1.54, 1.807) is 0 Å². The Kier molecular flexibility index (Phi) is 6.21. The number of ether oxygens (including phenoxy) is 1. The summed E-state index contributed by atoms with van der Waals surface area (Å²) < 4.78 is 5.88. The number of benzene rings is 2. The maximum Gasteiger partial charge on any atom is 0.303 e. The van der Waals surface area contributed by atoms with Crippen molar-refractivity contribution in [1.82, 2.24) is 0 Å². The van der Waals surface area contributed by atoms with Gasteiger partial charge in [0.05, 0.1) is 0 Å². The fourth-order valence-electron chi connectivity index (χ4n) is 2.50. The molecule has 0 heterocycles. The highest BCUT2D eigenvalue weighted by molar-refractivity contribution is 5.67. The largest absolute Gasteiger partial charge is 0.489 e. The zero-order chi connectivity index (χ0) is 16.7. The van der Waals surface area contributed by atoms with Crippen molar-refractivity contribution < 1.29 is 14.6 Å². The number of aliphatic carboxylic acids is 1. The molecule has 2 rings (SSSR count). The second-order valence-electron chi connectivity index (χ2n) is 6.20. The van der Waals surface area contributed by atoms with E-state index in [0.717, 1.165) is 23.3 Å². The monoisotopic (exact) mass is 312 g/mol. The van der Waals surface area contributed by atoms with Crippen LogP contribution in [-0.4, -0.2) is 11.1 Å². The van der Waals surface area contributed by atoms with Crippen LogP contribution in [0.5, 0.6) is 5.75 Å². The van der Waals surface area contributed by atoms with E-state index in [2.05, 4.69) is 38.1 Å². The summed E-state index contributed by atoms with van der Waals surface area (Å²) in [5.74, 6) is 0.624. The van der Waals surface area contributed by atoms with Gasteiger partial charge in [-0.15, -0.1) is 0 Å². The Morgan fingerprint density at radius 2 is 1.70 bits per heavy atom. The quantitative estimate of drug-likeness (QED) is 0.781. The highest BCUT2D eigenvalue weighted by atomic mass is 16.5. The van der Waals surface area contributed by atoms with Crippen LogP contribution in [0.3, 0.4) is 0 Å². The molecule has 2 aromatic rings. The van der Waals surface area contributed by atoms with Gasteiger partial charge >= 0.3 is 5.97 Å². The third kappa shape index (κ3) is 5.78. The Balaban J connectivity index is 1.96. The minimum atomic E-state index is -0.791. The van der Waals surface area contributed by atoms with E-state index >= 15 is 0 Å². The van der Waals surface area contributed by atoms with E-state index < -0.39 is 5.97 Å². The average Bonchev–Trinajstić information content (AvgIpc) is 2.52. The zero-order valence-corrected chi connectivity index (χ0v) is 13.8. The van der Waals surface area contributed by atoms with E-state index in [1.807, 2.05) is 24.3 Å². The molecule has 0 radical (unpaired) electrons. The van der Waals surface area contributed by atoms with E-state index in [9.17, 15) is 4.79 Å². The molecule has 0 aromatic heterocycles. The van der Waals surface area contributed by atoms with Crippen LogP contribution < -0.4 is 4.74 Å². The third-order valence-corrected chi connectivity index (χ3v) is 3.64. The molecular formula is C20H24O3. The van der Waals surface area contributed by atoms with Crippen molar-refractivity contribution in [1.29, 1.82) is 0 Å². The fourth-order valence-corrected chi connectivity index (χ4v) is 2.50. The SMILES string of the molecule is CC(C)Cc1ccc(COc2ccccc2CCC(=O)O)cc1. The lowest BCUT2D eigenvalue weighted by atomic mass is 10.0. The summed E-state index contributed by atoms with van der Waals surface area (Å²) in [6.45, 7) is 4.92. The normalized spacial score (nSPS) is 10.7. The molecule has 0 aliphatic heterocycles. The van der Waals surface area contributed by atoms with Gasteiger partial charge in [-0.2, -0.15) is 0 Å². The maximum absolute atomic E-state index is 10.7. The van der Waals surface area contributed by atoms with E-state index in [-0.39, 0.29) is 6.42 Å². The summed E-state index contributed by atoms with van der Waals surface area (Å²) in [6.07, 6.45) is 1.68. The van der Waals surface area contributed by atoms with Gasteiger partial charge in [0.2, 0.25) is 0 Å². The van der Waals surface area contributed by atoms with E-state index in [0.29, 0.717) is 18.9 Å². The molecule has 3 nitrogen and oxygen atoms in total. The zero-order valence-electron chi connectivity index (χ0n) is 13.8. The molecule has 0 saturated heterocycles. The molecule has 1 N–H and O–H groups in total. The number of hydrogen-bond donors (Lipinski definition) is 1. The third-order valence-electron chi connectivity index (χ3n) is 3.64. The molecule has 0 aliphatic rings. The lowest BCUT2D eigenvalue weighted by molar-refractivity contribution is -0.136. The summed E-state index contributed by atoms with van der Waals surface area (Å²) in [6, 6.07) is 16.1. The molecule has 0 aliphatic carbocycles. The number of para-hydroxylation sites is 1. The van der Waals surface area contributed by atoms with Crippen LogP contribution in [0.15, 0.2) is 48.5 Å². The first-order valence-electron chi connectivity index (χ1n) is 8.05. The van der Waals surface area contributed by atoms with Gasteiger partial charge in [0.25, 0.3) is 0 Å². The van der Waals surface area contributed by atoms with Crippen LogP contribution in [0, 0.1) is 5.92 Å². The first-order chi connectivity index (χ1) is 11.0. The Morgan fingerprint density at radius 1 is 1.04 bits per heavy atom. The van der Waals surface area contributed by atoms with Gasteiger partial charge < -0.3 is 9.84 Å². The van der Waals surface area contributed by atoms with E-state index in [1.165, 1.54) is 5.56 Å². The number of rotatable bonds is 8. The molecule has 23 heavy (non-hydrogen) atoms. The minimum Gasteiger partial charge on any atom is -0.489 e. The highest BCUT2D eigenvalue weighted by Gasteiger charge is 2.06. The molecule has 0 spiro atoms. The van der Waals surface area contributed by atoms with Crippen molar-refractivity contribution in [2.75, 3.05) is 0 Å². The lowest BCUT2D eigenvalue weighted by Gasteiger charge is -2.11. The van der Waals surface area contributed by atoms with E-state index in [4.69, 9.17) is 9.84 Å². The summed E-state index contributed by atoms with van der Waals surface area (Å²) in [4.78, 5) is 10.7. The predicted molar refractivity (Wildman–Crippen MR) is 91.7 cm³/mol. The number of carboxylic acid groups (broad SMARTS) is 1. The number of carbonyl (C=O) groups is 1. The van der Waals surface area contributed by atoms with Crippen LogP contribution in [0.4, 0.5) is 0 Å². The molecule has 0 amide bonds. The standard InChI is InChI=1S/C20H24O3/c1-15(2)13-16-7-9-17(10-8-16)14-23-19-6-4-3-5-18(19)11-12-20(21)22/h3-10,15H,11-14H2,1-2H3,(H,21,22). The highest BCUT2D eigenvalue weighted by Crippen LogP contribution is 2.21. The first-order valence-corrected chi connectivity index (χ1v) is 8.05. The van der Waals surface area contributed by atoms with Crippen LogP contribution in [0.1, 0.15) is 37.0 Å². The molecule has 0 bridgehead atoms. The fraction of sp³-hybridized carbons (Fsp3) is 0.350. The van der Waals surface area contributed by atoms with Gasteiger partial charge in [0.1, 0.15) is 12.4 Å². The Morgan fingerprint density at radius 3 is 2.35 bits per heavy atom. The van der Waals surface area contributed by atoms with Crippen molar-refractivity contribution in [2.45, 2.75) is 39.7 Å². The lowest BCUT2D eigenvalue weighted by Crippen LogP contribution is -2.02. The van der Waals surface area contributed by atoms with Gasteiger partial charge in [0.15, 0.2) is 0 Å². The summed E-state index contributed by atoms with van der Waals surface area (Å²) in [5, 5.41) is 8.82. The summed E-state index contributed by atoms with van der Waals surface area (Å²) in [5.41, 5.74) is 3.39. The average molecular weight is 312 g/mol. The molecule has 0 fully saturated rings. The van der Waals surface area contributed by atoms with Crippen LogP contribution in [0.2, 0.25) is 0 Å². The Hall–Kier alpha value is -2.29.